The van der Waals surface area contributed by atoms with Gasteiger partial charge in [0.25, 0.3) is 0 Å². The van der Waals surface area contributed by atoms with Crippen LogP contribution in [-0.2, 0) is 14.8 Å². The van der Waals surface area contributed by atoms with Gasteiger partial charge >= 0.3 is 0 Å². The Kier molecular flexibility index (Phi) is 2.59. The van der Waals surface area contributed by atoms with Gasteiger partial charge in [-0.25, -0.2) is 4.39 Å². The molecule has 0 aliphatic rings. The third-order valence-electron chi connectivity index (χ3n) is 1.08. The molecular formula is C7H7FNOS-. The first kappa shape index (κ1) is 8.20. The van der Waals surface area contributed by atoms with Crippen LogP contribution in [0.4, 0.5) is 10.1 Å². The Balaban J connectivity index is 3.15. The average Bonchev–Trinajstić information content (AvgIpc) is 1.93. The number of rotatable bonds is 1. The molecule has 0 aliphatic carbocycles. The fourth-order valence-electron chi connectivity index (χ4n) is 0.664. The molecule has 0 aliphatic heterocycles. The van der Waals surface area contributed by atoms with E-state index >= 15 is 0 Å². The molecule has 1 aromatic rings. The number of hydrogen-bond acceptors (Lipinski definition) is 3. The summed E-state index contributed by atoms with van der Waals surface area (Å²) in [5, 5.41) is 0. The highest BCUT2D eigenvalue weighted by Crippen LogP contribution is 2.15. The van der Waals surface area contributed by atoms with Crippen LogP contribution < -0.4 is 0 Å². The first-order valence-electron chi connectivity index (χ1n) is 3.00. The summed E-state index contributed by atoms with van der Waals surface area (Å²) in [6.07, 6.45) is 1.40. The lowest BCUT2D eigenvalue weighted by Gasteiger charge is -1.98. The molecule has 2 nitrogen and oxygen atoms in total. The van der Waals surface area contributed by atoms with Crippen molar-refractivity contribution < 1.29 is 8.60 Å². The monoisotopic (exact) mass is 172 g/mol. The maximum Gasteiger partial charge on any atom is 0.146 e. The molecule has 0 amide bonds. The van der Waals surface area contributed by atoms with E-state index in [2.05, 4.69) is 4.36 Å². The van der Waals surface area contributed by atoms with Crippen molar-refractivity contribution in [2.45, 2.75) is 0 Å². The molecule has 0 saturated heterocycles. The van der Waals surface area contributed by atoms with Gasteiger partial charge in [-0.15, -0.1) is 6.26 Å². The maximum absolute atomic E-state index is 12.7. The molecule has 0 saturated carbocycles. The van der Waals surface area contributed by atoms with Crippen molar-refractivity contribution in [1.29, 1.82) is 0 Å². The molecular weight excluding hydrogens is 165 g/mol. The van der Waals surface area contributed by atoms with E-state index in [1.54, 1.807) is 12.1 Å². The van der Waals surface area contributed by atoms with Crippen molar-refractivity contribution in [3.8, 4) is 0 Å². The zero-order valence-corrected chi connectivity index (χ0v) is 6.77. The predicted molar refractivity (Wildman–Crippen MR) is 42.5 cm³/mol. The number of halogens is 1. The van der Waals surface area contributed by atoms with Gasteiger partial charge in [-0.1, -0.05) is 12.1 Å². The Morgan fingerprint density at radius 1 is 1.45 bits per heavy atom. The molecule has 60 valence electrons. The molecule has 1 rings (SSSR count). The van der Waals surface area contributed by atoms with Crippen LogP contribution in [0.5, 0.6) is 0 Å². The molecule has 0 unspecified atom stereocenters. The fourth-order valence-corrected chi connectivity index (χ4v) is 1.09. The first-order chi connectivity index (χ1) is 5.20. The van der Waals surface area contributed by atoms with Crippen LogP contribution in [0.1, 0.15) is 0 Å². The van der Waals surface area contributed by atoms with E-state index in [0.717, 1.165) is 0 Å². The third kappa shape index (κ3) is 2.31. The number of hydrogen-bond donors (Lipinski definition) is 0. The van der Waals surface area contributed by atoms with Crippen LogP contribution in [0, 0.1) is 5.82 Å². The minimum Gasteiger partial charge on any atom is -0.444 e. The molecule has 0 spiro atoms. The van der Waals surface area contributed by atoms with E-state index in [1.807, 2.05) is 0 Å². The van der Waals surface area contributed by atoms with Crippen LogP contribution in [0.3, 0.4) is 0 Å². The molecule has 0 radical (unpaired) electrons. The van der Waals surface area contributed by atoms with Crippen molar-refractivity contribution in [2.75, 3.05) is 6.26 Å². The zero-order chi connectivity index (χ0) is 8.27. The zero-order valence-electron chi connectivity index (χ0n) is 5.95. The largest absolute Gasteiger partial charge is 0.444 e. The molecule has 0 aromatic heterocycles. The molecule has 0 heterocycles. The van der Waals surface area contributed by atoms with Gasteiger partial charge in [0, 0.05) is 0 Å². The molecule has 0 fully saturated rings. The Hall–Kier alpha value is -0.900. The highest BCUT2D eigenvalue weighted by atomic mass is 32.2. The van der Waals surface area contributed by atoms with Crippen molar-refractivity contribution in [1.82, 2.24) is 0 Å². The lowest BCUT2D eigenvalue weighted by molar-refractivity contribution is 0.601. The molecule has 0 bridgehead atoms. The van der Waals surface area contributed by atoms with E-state index in [9.17, 15) is 8.60 Å². The van der Waals surface area contributed by atoms with Crippen molar-refractivity contribution >= 4 is 16.3 Å². The van der Waals surface area contributed by atoms with Gasteiger partial charge in [0.05, 0.1) is 5.69 Å². The lowest BCUT2D eigenvalue weighted by atomic mass is 10.3. The highest BCUT2D eigenvalue weighted by Gasteiger charge is 1.92. The summed E-state index contributed by atoms with van der Waals surface area (Å²) in [7, 11) is -1.34. The minimum atomic E-state index is -1.34. The normalized spacial score (nSPS) is 13.3. The van der Waals surface area contributed by atoms with E-state index in [-0.39, 0.29) is 5.69 Å². The van der Waals surface area contributed by atoms with Gasteiger partial charge in [-0.05, 0) is 12.1 Å². The summed E-state index contributed by atoms with van der Waals surface area (Å²) in [4.78, 5) is 0. The van der Waals surface area contributed by atoms with Crippen molar-refractivity contribution in [3.63, 3.8) is 0 Å². The first-order valence-corrected chi connectivity index (χ1v) is 4.51. The summed E-state index contributed by atoms with van der Waals surface area (Å²) in [5.41, 5.74) is 0.147. The Labute approximate surface area is 66.3 Å². The summed E-state index contributed by atoms with van der Waals surface area (Å²) in [5.74, 6) is -0.442. The van der Waals surface area contributed by atoms with E-state index in [4.69, 9.17) is 0 Å². The predicted octanol–water partition coefficient (Wildman–Crippen LogP) is 2.23. The standard InChI is InChI=1S/C7H7FNOS/c1-11(10)9-7-5-3-2-4-6(7)8/h2-5H,1H3/q-1. The van der Waals surface area contributed by atoms with Gasteiger partial charge in [-0.3, -0.25) is 0 Å². The second kappa shape index (κ2) is 3.48. The quantitative estimate of drug-likeness (QED) is 0.597. The van der Waals surface area contributed by atoms with Crippen LogP contribution in [0.15, 0.2) is 28.6 Å². The van der Waals surface area contributed by atoms with E-state index < -0.39 is 16.4 Å². The second-order valence-electron chi connectivity index (χ2n) is 1.97. The van der Waals surface area contributed by atoms with E-state index in [1.165, 1.54) is 18.4 Å². The Morgan fingerprint density at radius 3 is 2.64 bits per heavy atom. The minimum absolute atomic E-state index is 0.147. The summed E-state index contributed by atoms with van der Waals surface area (Å²) in [6.45, 7) is 0. The van der Waals surface area contributed by atoms with Gasteiger partial charge < -0.3 is 8.57 Å². The van der Waals surface area contributed by atoms with Crippen molar-refractivity contribution in [2.24, 2.45) is 4.36 Å². The smallest absolute Gasteiger partial charge is 0.146 e. The maximum atomic E-state index is 12.7. The van der Waals surface area contributed by atoms with Gasteiger partial charge in [-0.2, -0.15) is 10.6 Å². The van der Waals surface area contributed by atoms with Crippen LogP contribution >= 0.6 is 0 Å². The Morgan fingerprint density at radius 2 is 2.09 bits per heavy atom. The van der Waals surface area contributed by atoms with Gasteiger partial charge in [0.2, 0.25) is 0 Å². The SMILES string of the molecule is C[S-](=O)=Nc1ccccc1F. The Bertz CT molecular complexity index is 331. The molecule has 0 atom stereocenters. The second-order valence-corrected chi connectivity index (χ2v) is 3.00. The van der Waals surface area contributed by atoms with Crippen LogP contribution in [0.2, 0.25) is 0 Å². The van der Waals surface area contributed by atoms with Crippen LogP contribution in [-0.4, -0.2) is 6.26 Å². The third-order valence-corrected chi connectivity index (χ3v) is 1.53. The van der Waals surface area contributed by atoms with Crippen molar-refractivity contribution in [3.05, 3.63) is 30.1 Å². The lowest BCUT2D eigenvalue weighted by Crippen LogP contribution is -1.73. The number of benzene rings is 1. The average molecular weight is 172 g/mol. The molecule has 0 N–H and O–H groups in total. The van der Waals surface area contributed by atoms with Gasteiger partial charge in [0.15, 0.2) is 0 Å². The highest BCUT2D eigenvalue weighted by molar-refractivity contribution is 7.74. The number of nitrogens with zero attached hydrogens (tertiary/aromatic N) is 1. The molecule has 11 heavy (non-hydrogen) atoms. The fraction of sp³-hybridized carbons (Fsp3) is 0.143. The topological polar surface area (TPSA) is 29.4 Å². The molecule has 4 heteroatoms. The summed E-state index contributed by atoms with van der Waals surface area (Å²) in [6, 6.07) is 5.98. The van der Waals surface area contributed by atoms with Gasteiger partial charge in [0.1, 0.15) is 5.82 Å². The van der Waals surface area contributed by atoms with Crippen LogP contribution in [0.25, 0.3) is 0 Å². The summed E-state index contributed by atoms with van der Waals surface area (Å²) >= 11 is 0. The summed E-state index contributed by atoms with van der Waals surface area (Å²) < 4.78 is 26.8. The molecule has 1 aromatic carbocycles. The van der Waals surface area contributed by atoms with E-state index in [0.29, 0.717) is 0 Å².